The largest absolute Gasteiger partial charge is 0.481 e. The van der Waals surface area contributed by atoms with E-state index in [-0.39, 0.29) is 43.4 Å². The van der Waals surface area contributed by atoms with Crippen molar-refractivity contribution in [2.45, 2.75) is 123 Å². The molecule has 0 saturated carbocycles. The molecule has 0 amide bonds. The average Bonchev–Trinajstić information content (AvgIpc) is 3.55. The second kappa shape index (κ2) is 17.9. The van der Waals surface area contributed by atoms with Gasteiger partial charge < -0.3 is 40.1 Å². The maximum Gasteiger partial charge on any atom is 0.330 e. The number of esters is 1. The van der Waals surface area contributed by atoms with Gasteiger partial charge >= 0.3 is 11.9 Å². The second-order valence-electron chi connectivity index (χ2n) is 10.2. The average molecular weight is 535 g/mol. The molecule has 2 fully saturated rings. The molecular weight excluding hydrogens is 484 g/mol. The van der Waals surface area contributed by atoms with Crippen molar-refractivity contribution in [1.82, 2.24) is 0 Å². The minimum absolute atomic E-state index is 0. The summed E-state index contributed by atoms with van der Waals surface area (Å²) in [5.41, 5.74) is 0.708. The summed E-state index contributed by atoms with van der Waals surface area (Å²) in [6, 6.07) is 0. The Balaban J connectivity index is 0.00000648. The van der Waals surface area contributed by atoms with Gasteiger partial charge in [0.2, 0.25) is 0 Å². The minimum Gasteiger partial charge on any atom is -0.481 e. The summed E-state index contributed by atoms with van der Waals surface area (Å²) in [6.07, 6.45) is 4.61. The molecule has 2 rings (SSSR count). The molecule has 0 aromatic rings. The summed E-state index contributed by atoms with van der Waals surface area (Å²) >= 11 is 0. The van der Waals surface area contributed by atoms with Gasteiger partial charge in [0.15, 0.2) is 0 Å². The van der Waals surface area contributed by atoms with Crippen molar-refractivity contribution < 1.29 is 49.7 Å². The lowest BCUT2D eigenvalue weighted by Gasteiger charge is -2.38. The zero-order chi connectivity index (χ0) is 26.0. The van der Waals surface area contributed by atoms with Crippen molar-refractivity contribution in [1.29, 1.82) is 0 Å². The first-order valence-corrected chi connectivity index (χ1v) is 13.0. The highest BCUT2D eigenvalue weighted by atomic mass is 16.6. The van der Waals surface area contributed by atoms with Gasteiger partial charge in [0, 0.05) is 24.3 Å². The number of aliphatic carboxylic acids is 1. The fourth-order valence-electron chi connectivity index (χ4n) is 4.59. The van der Waals surface area contributed by atoms with Gasteiger partial charge in [0.1, 0.15) is 6.10 Å². The van der Waals surface area contributed by atoms with Crippen LogP contribution in [0.1, 0.15) is 86.0 Å². The summed E-state index contributed by atoms with van der Waals surface area (Å²) in [6.45, 7) is 6.07. The van der Waals surface area contributed by atoms with Crippen molar-refractivity contribution in [3.63, 3.8) is 0 Å². The molecule has 2 aliphatic rings. The van der Waals surface area contributed by atoms with E-state index in [0.717, 1.165) is 32.1 Å². The Labute approximate surface area is 221 Å². The summed E-state index contributed by atoms with van der Waals surface area (Å²) in [5.74, 6) is -1.42. The van der Waals surface area contributed by atoms with Gasteiger partial charge in [-0.2, -0.15) is 0 Å². The first-order valence-electron chi connectivity index (χ1n) is 13.0. The molecule has 0 bridgehead atoms. The van der Waals surface area contributed by atoms with Gasteiger partial charge in [-0.25, -0.2) is 4.79 Å². The first kappa shape index (κ1) is 35.4. The van der Waals surface area contributed by atoms with Crippen molar-refractivity contribution in [2.24, 2.45) is 11.8 Å². The Morgan fingerprint density at radius 1 is 1.03 bits per heavy atom. The number of carbonyl (C=O) groups excluding carboxylic acids is 1. The third-order valence-electron chi connectivity index (χ3n) is 7.09. The molecule has 10 nitrogen and oxygen atoms in total. The lowest BCUT2D eigenvalue weighted by atomic mass is 9.85. The summed E-state index contributed by atoms with van der Waals surface area (Å²) < 4.78 is 16.7. The minimum atomic E-state index is -1.06. The fraction of sp³-hybridized carbons (Fsp3) is 0.852. The molecule has 10 heteroatoms. The Kier molecular flexibility index (Phi) is 17.1. The molecule has 0 spiro atoms. The molecule has 0 unspecified atom stereocenters. The van der Waals surface area contributed by atoms with Gasteiger partial charge in [-0.05, 0) is 39.5 Å². The van der Waals surface area contributed by atoms with Gasteiger partial charge in [0.25, 0.3) is 0 Å². The van der Waals surface area contributed by atoms with E-state index in [1.165, 1.54) is 6.08 Å². The fourth-order valence-corrected chi connectivity index (χ4v) is 4.59. The van der Waals surface area contributed by atoms with E-state index in [1.54, 1.807) is 13.8 Å². The molecule has 0 aromatic heterocycles. The molecule has 0 aromatic carbocycles. The molecule has 218 valence electrons. The van der Waals surface area contributed by atoms with Crippen molar-refractivity contribution in [3.05, 3.63) is 11.6 Å². The van der Waals surface area contributed by atoms with Crippen LogP contribution in [0.2, 0.25) is 0 Å². The van der Waals surface area contributed by atoms with E-state index >= 15 is 0 Å². The predicted molar refractivity (Wildman–Crippen MR) is 139 cm³/mol. The highest BCUT2D eigenvalue weighted by molar-refractivity contribution is 5.82. The summed E-state index contributed by atoms with van der Waals surface area (Å²) in [7, 11) is 0. The molecule has 2 saturated heterocycles. The van der Waals surface area contributed by atoms with E-state index in [0.29, 0.717) is 38.0 Å². The standard InChI is InChI=1S/C26H44O9.CH4.H2O/c1-16(13-23(30)33-11-9-7-5-4-6-8-10-22(28)29)12-20-25(32)24(31)19(15-34-20)14-21-26(35-21)17(2)18(3)27;;/h13,17-21,24-27,31-32H,4-12,14-15H2,1-3H3,(H,28,29);1H4;1H2/b16-13+;;/t17-,18-,19-,20-,21-,24+,25-,26-;;/m0../s1. The van der Waals surface area contributed by atoms with Crippen LogP contribution in [0.3, 0.4) is 0 Å². The zero-order valence-corrected chi connectivity index (χ0v) is 21.8. The maximum absolute atomic E-state index is 12.1. The number of aliphatic hydroxyl groups excluding tert-OH is 3. The van der Waals surface area contributed by atoms with Crippen LogP contribution < -0.4 is 0 Å². The van der Waals surface area contributed by atoms with Crippen LogP contribution in [-0.2, 0) is 23.8 Å². The number of aliphatic hydroxyl groups is 3. The van der Waals surface area contributed by atoms with Crippen molar-refractivity contribution >= 4 is 11.9 Å². The summed E-state index contributed by atoms with van der Waals surface area (Å²) in [4.78, 5) is 22.5. The predicted octanol–water partition coefficient (Wildman–Crippen LogP) is 2.40. The molecule has 8 atom stereocenters. The van der Waals surface area contributed by atoms with E-state index in [2.05, 4.69) is 0 Å². The van der Waals surface area contributed by atoms with Crippen molar-refractivity contribution in [3.8, 4) is 0 Å². The number of ether oxygens (including phenoxy) is 3. The van der Waals surface area contributed by atoms with Crippen LogP contribution in [0.5, 0.6) is 0 Å². The normalized spacial score (nSPS) is 28.9. The number of epoxide rings is 1. The Morgan fingerprint density at radius 3 is 2.27 bits per heavy atom. The van der Waals surface area contributed by atoms with Crippen LogP contribution >= 0.6 is 0 Å². The Bertz CT molecular complexity index is 695. The van der Waals surface area contributed by atoms with E-state index < -0.39 is 36.4 Å². The SMILES string of the molecule is C.C/C(=C\C(=O)OCCCCCCCCC(=O)O)C[C@@H]1OC[C@H](C[C@@H]2O[C@H]2[C@@H](C)[C@H](C)O)[C@@H](O)[C@H]1O.O. The quantitative estimate of drug-likeness (QED) is 0.100. The smallest absolute Gasteiger partial charge is 0.330 e. The number of unbranched alkanes of at least 4 members (excludes halogenated alkanes) is 5. The molecular formula is C27H50O10. The van der Waals surface area contributed by atoms with E-state index in [1.807, 2.05) is 6.92 Å². The van der Waals surface area contributed by atoms with Gasteiger partial charge in [-0.3, -0.25) is 4.79 Å². The van der Waals surface area contributed by atoms with Crippen LogP contribution in [0, 0.1) is 11.8 Å². The number of hydrogen-bond donors (Lipinski definition) is 4. The number of carboxylic acids is 1. The van der Waals surface area contributed by atoms with Gasteiger partial charge in [-0.15, -0.1) is 0 Å². The van der Waals surface area contributed by atoms with Gasteiger partial charge in [0.05, 0.1) is 43.7 Å². The summed E-state index contributed by atoms with van der Waals surface area (Å²) in [5, 5.41) is 39.5. The Hall–Kier alpha value is -1.56. The van der Waals surface area contributed by atoms with Gasteiger partial charge in [-0.1, -0.05) is 45.6 Å². The zero-order valence-electron chi connectivity index (χ0n) is 21.8. The van der Waals surface area contributed by atoms with Crippen molar-refractivity contribution in [2.75, 3.05) is 13.2 Å². The third kappa shape index (κ3) is 12.7. The Morgan fingerprint density at radius 2 is 1.65 bits per heavy atom. The van der Waals surface area contributed by atoms with Crippen LogP contribution in [0.25, 0.3) is 0 Å². The highest BCUT2D eigenvalue weighted by Crippen LogP contribution is 2.38. The van der Waals surface area contributed by atoms with E-state index in [4.69, 9.17) is 19.3 Å². The second-order valence-corrected chi connectivity index (χ2v) is 10.2. The number of carbonyl (C=O) groups is 2. The molecule has 37 heavy (non-hydrogen) atoms. The van der Waals surface area contributed by atoms with E-state index in [9.17, 15) is 24.9 Å². The van der Waals surface area contributed by atoms with Crippen LogP contribution in [-0.4, -0.2) is 87.7 Å². The molecule has 6 N–H and O–H groups in total. The number of rotatable bonds is 16. The molecule has 2 heterocycles. The highest BCUT2D eigenvalue weighted by Gasteiger charge is 2.48. The molecule has 0 aliphatic carbocycles. The third-order valence-corrected chi connectivity index (χ3v) is 7.09. The lowest BCUT2D eigenvalue weighted by molar-refractivity contribution is -0.165. The lowest BCUT2D eigenvalue weighted by Crippen LogP contribution is -2.50. The molecule has 2 aliphatic heterocycles. The number of hydrogen-bond acceptors (Lipinski definition) is 8. The monoisotopic (exact) mass is 534 g/mol. The topological polar surface area (TPSA) is 178 Å². The maximum atomic E-state index is 12.1. The van der Waals surface area contributed by atoms with Crippen LogP contribution in [0.15, 0.2) is 11.6 Å². The molecule has 0 radical (unpaired) electrons. The van der Waals surface area contributed by atoms with Crippen LogP contribution in [0.4, 0.5) is 0 Å². The number of carboxylic acid groups (broad SMARTS) is 1. The first-order chi connectivity index (χ1) is 16.6.